The second-order valence-electron chi connectivity index (χ2n) is 9.23. The number of rotatable bonds is 7. The first-order chi connectivity index (χ1) is 17.2. The highest BCUT2D eigenvalue weighted by atomic mass is 16.5. The molecule has 186 valence electrons. The molecule has 0 saturated carbocycles. The largest absolute Gasteiger partial charge is 0.483 e. The smallest absolute Gasteiger partial charge is 0.263 e. The van der Waals surface area contributed by atoms with Gasteiger partial charge in [0.1, 0.15) is 17.1 Å². The molecular weight excluding hydrogens is 462 g/mol. The number of aromatic amines is 1. The van der Waals surface area contributed by atoms with Crippen molar-refractivity contribution < 1.29 is 18.7 Å². The number of H-pyrrole nitrogens is 1. The summed E-state index contributed by atoms with van der Waals surface area (Å²) in [5, 5.41) is 7.32. The topological polar surface area (TPSA) is 124 Å². The van der Waals surface area contributed by atoms with Gasteiger partial charge >= 0.3 is 0 Å². The number of aromatic nitrogens is 4. The van der Waals surface area contributed by atoms with Crippen LogP contribution in [0.3, 0.4) is 0 Å². The highest BCUT2D eigenvalue weighted by Gasteiger charge is 2.32. The van der Waals surface area contributed by atoms with Crippen LogP contribution < -0.4 is 20.3 Å². The lowest BCUT2D eigenvalue weighted by Gasteiger charge is -2.18. The van der Waals surface area contributed by atoms with Crippen LogP contribution in [0.1, 0.15) is 37.6 Å². The van der Waals surface area contributed by atoms with Crippen LogP contribution in [0.25, 0.3) is 17.4 Å². The number of carbonyl (C=O) groups is 1. The van der Waals surface area contributed by atoms with Crippen molar-refractivity contribution in [1.82, 2.24) is 19.7 Å². The van der Waals surface area contributed by atoms with Gasteiger partial charge in [0.25, 0.3) is 11.5 Å². The lowest BCUT2D eigenvalue weighted by Crippen LogP contribution is -2.25. The van der Waals surface area contributed by atoms with E-state index in [2.05, 4.69) is 20.4 Å². The van der Waals surface area contributed by atoms with E-state index in [1.54, 1.807) is 31.2 Å². The summed E-state index contributed by atoms with van der Waals surface area (Å²) >= 11 is 0. The number of furan rings is 1. The lowest BCUT2D eigenvalue weighted by molar-refractivity contribution is -0.118. The molecule has 4 aromatic rings. The number of benzene rings is 1. The minimum absolute atomic E-state index is 0.181. The standard InChI is InChI=1S/C26H27N5O5/c1-5-17-15(2)27-25(29-24(17)33)31-21(12-18(30-31)19-10-7-11-34-19)28-22(32)14-35-20-9-6-8-16-13-26(3,4)36-23(16)20/h6-12H,5,13-14H2,1-4H3,(H,28,32)(H,27,29,33). The Bertz CT molecular complexity index is 1480. The Morgan fingerprint density at radius 1 is 1.28 bits per heavy atom. The first-order valence-electron chi connectivity index (χ1n) is 11.7. The van der Waals surface area contributed by atoms with Gasteiger partial charge in [0.2, 0.25) is 5.95 Å². The predicted octanol–water partition coefficient (Wildman–Crippen LogP) is 3.82. The summed E-state index contributed by atoms with van der Waals surface area (Å²) in [5.41, 5.74) is 2.11. The molecule has 1 aliphatic heterocycles. The highest BCUT2D eigenvalue weighted by molar-refractivity contribution is 5.92. The first kappa shape index (κ1) is 23.4. The van der Waals surface area contributed by atoms with E-state index in [1.165, 1.54) is 10.9 Å². The fourth-order valence-corrected chi connectivity index (χ4v) is 4.31. The summed E-state index contributed by atoms with van der Waals surface area (Å²) in [4.78, 5) is 32.7. The van der Waals surface area contributed by atoms with E-state index in [0.717, 1.165) is 12.0 Å². The Hall–Kier alpha value is -4.34. The normalized spacial score (nSPS) is 13.8. The molecule has 4 heterocycles. The van der Waals surface area contributed by atoms with Crippen LogP contribution in [0, 0.1) is 6.92 Å². The van der Waals surface area contributed by atoms with Gasteiger partial charge in [-0.15, -0.1) is 0 Å². The van der Waals surface area contributed by atoms with Crippen molar-refractivity contribution in [1.29, 1.82) is 0 Å². The quantitative estimate of drug-likeness (QED) is 0.404. The van der Waals surface area contributed by atoms with E-state index in [1.807, 2.05) is 32.9 Å². The third-order valence-corrected chi connectivity index (χ3v) is 5.93. The van der Waals surface area contributed by atoms with Crippen molar-refractivity contribution in [2.45, 2.75) is 46.1 Å². The van der Waals surface area contributed by atoms with Crippen LogP contribution >= 0.6 is 0 Å². The van der Waals surface area contributed by atoms with Crippen molar-refractivity contribution in [3.05, 3.63) is 69.8 Å². The Morgan fingerprint density at radius 3 is 2.83 bits per heavy atom. The molecule has 0 aliphatic carbocycles. The van der Waals surface area contributed by atoms with Crippen molar-refractivity contribution in [3.63, 3.8) is 0 Å². The van der Waals surface area contributed by atoms with E-state index in [9.17, 15) is 9.59 Å². The third kappa shape index (κ3) is 4.49. The minimum Gasteiger partial charge on any atom is -0.483 e. The average Bonchev–Trinajstić information content (AvgIpc) is 3.55. The fourth-order valence-electron chi connectivity index (χ4n) is 4.31. The number of hydrogen-bond acceptors (Lipinski definition) is 7. The summed E-state index contributed by atoms with van der Waals surface area (Å²) in [6.45, 7) is 7.42. The predicted molar refractivity (Wildman–Crippen MR) is 133 cm³/mol. The zero-order valence-electron chi connectivity index (χ0n) is 20.5. The molecule has 1 aliphatic rings. The van der Waals surface area contributed by atoms with Gasteiger partial charge in [0.15, 0.2) is 23.9 Å². The number of anilines is 1. The van der Waals surface area contributed by atoms with Gasteiger partial charge in [-0.05, 0) is 45.4 Å². The van der Waals surface area contributed by atoms with Gasteiger partial charge in [0.05, 0.1) is 6.26 Å². The second kappa shape index (κ2) is 9.03. The number of ether oxygens (including phenoxy) is 2. The minimum atomic E-state index is -0.416. The SMILES string of the molecule is CCc1c(C)nc(-n2nc(-c3ccco3)cc2NC(=O)COc2cccc3c2OC(C)(C)C3)[nH]c1=O. The summed E-state index contributed by atoms with van der Waals surface area (Å²) in [5.74, 6) is 1.74. The number of hydrogen-bond donors (Lipinski definition) is 2. The van der Waals surface area contributed by atoms with Crippen LogP contribution in [0.4, 0.5) is 5.82 Å². The average molecular weight is 490 g/mol. The Labute approximate surface area is 207 Å². The Kier molecular flexibility index (Phi) is 5.87. The van der Waals surface area contributed by atoms with Gasteiger partial charge in [-0.3, -0.25) is 14.6 Å². The summed E-state index contributed by atoms with van der Waals surface area (Å²) in [6.07, 6.45) is 2.85. The maximum Gasteiger partial charge on any atom is 0.263 e. The molecule has 0 spiro atoms. The highest BCUT2D eigenvalue weighted by Crippen LogP contribution is 2.41. The van der Waals surface area contributed by atoms with Gasteiger partial charge in [0, 0.05) is 29.3 Å². The summed E-state index contributed by atoms with van der Waals surface area (Å²) < 4.78 is 18.7. The number of fused-ring (bicyclic) bond motifs is 1. The van der Waals surface area contributed by atoms with E-state index in [0.29, 0.717) is 46.4 Å². The maximum atomic E-state index is 12.9. The monoisotopic (exact) mass is 489 g/mol. The van der Waals surface area contributed by atoms with Crippen molar-refractivity contribution >= 4 is 11.7 Å². The fraction of sp³-hybridized carbons (Fsp3) is 0.308. The van der Waals surface area contributed by atoms with Crippen LogP contribution in [0.2, 0.25) is 0 Å². The molecule has 0 atom stereocenters. The van der Waals surface area contributed by atoms with E-state index < -0.39 is 5.91 Å². The second-order valence-corrected chi connectivity index (χ2v) is 9.23. The molecule has 0 saturated heterocycles. The van der Waals surface area contributed by atoms with Gasteiger partial charge in [-0.2, -0.15) is 9.78 Å². The van der Waals surface area contributed by atoms with E-state index in [-0.39, 0.29) is 23.7 Å². The molecule has 10 nitrogen and oxygen atoms in total. The van der Waals surface area contributed by atoms with Gasteiger partial charge in [-0.25, -0.2) is 4.98 Å². The number of para-hydroxylation sites is 1. The lowest BCUT2D eigenvalue weighted by atomic mass is 10.0. The van der Waals surface area contributed by atoms with Crippen molar-refractivity contribution in [2.24, 2.45) is 0 Å². The summed E-state index contributed by atoms with van der Waals surface area (Å²) in [7, 11) is 0. The molecule has 0 bridgehead atoms. The zero-order chi connectivity index (χ0) is 25.4. The van der Waals surface area contributed by atoms with Crippen molar-refractivity contribution in [3.8, 4) is 28.9 Å². The molecule has 5 rings (SSSR count). The molecule has 0 unspecified atom stereocenters. The molecular formula is C26H27N5O5. The van der Waals surface area contributed by atoms with Gasteiger partial charge in [-0.1, -0.05) is 19.1 Å². The summed E-state index contributed by atoms with van der Waals surface area (Å²) in [6, 6.07) is 10.8. The van der Waals surface area contributed by atoms with Crippen molar-refractivity contribution in [2.75, 3.05) is 11.9 Å². The zero-order valence-corrected chi connectivity index (χ0v) is 20.5. The number of aryl methyl sites for hydroxylation is 1. The molecule has 36 heavy (non-hydrogen) atoms. The van der Waals surface area contributed by atoms with Crippen LogP contribution in [-0.2, 0) is 17.6 Å². The molecule has 2 N–H and O–H groups in total. The van der Waals surface area contributed by atoms with E-state index >= 15 is 0 Å². The van der Waals surface area contributed by atoms with Crippen LogP contribution in [0.15, 0.2) is 51.9 Å². The maximum absolute atomic E-state index is 12.9. The Balaban J connectivity index is 1.40. The number of nitrogens with zero attached hydrogens (tertiary/aromatic N) is 3. The number of amides is 1. The van der Waals surface area contributed by atoms with E-state index in [4.69, 9.17) is 13.9 Å². The third-order valence-electron chi connectivity index (χ3n) is 5.93. The van der Waals surface area contributed by atoms with Crippen LogP contribution in [-0.4, -0.2) is 37.9 Å². The number of nitrogens with one attached hydrogen (secondary N) is 2. The first-order valence-corrected chi connectivity index (χ1v) is 11.7. The molecule has 0 fully saturated rings. The molecule has 3 aromatic heterocycles. The number of carbonyl (C=O) groups excluding carboxylic acids is 1. The van der Waals surface area contributed by atoms with Crippen LogP contribution in [0.5, 0.6) is 11.5 Å². The molecule has 0 radical (unpaired) electrons. The molecule has 1 amide bonds. The van der Waals surface area contributed by atoms with Gasteiger partial charge < -0.3 is 19.2 Å². The molecule has 1 aromatic carbocycles. The Morgan fingerprint density at radius 2 is 2.11 bits per heavy atom. The molecule has 10 heteroatoms.